The average molecular weight is 624 g/mol. The van der Waals surface area contributed by atoms with E-state index in [0.717, 1.165) is 68.3 Å². The van der Waals surface area contributed by atoms with Gasteiger partial charge in [0.25, 0.3) is 0 Å². The SMILES string of the molecule is c1c2ccccc2c2nc3c(c(-c4ccc(-c5ccc(-c6nc7ccccc7n6-c6ccccc6)cc5)cc4)c2c#1)CCc1ccccc1-3. The summed E-state index contributed by atoms with van der Waals surface area (Å²) in [5.74, 6) is 0.936. The molecule has 0 amide bonds. The monoisotopic (exact) mass is 623 g/mol. The molecule has 0 N–H and O–H groups in total. The Balaban J connectivity index is 1.07. The van der Waals surface area contributed by atoms with Crippen LogP contribution in [0.4, 0.5) is 0 Å². The van der Waals surface area contributed by atoms with Crippen molar-refractivity contribution in [3.63, 3.8) is 0 Å². The van der Waals surface area contributed by atoms with Gasteiger partial charge in [-0.15, -0.1) is 0 Å². The summed E-state index contributed by atoms with van der Waals surface area (Å²) < 4.78 is 2.24. The molecule has 2 aromatic heterocycles. The Morgan fingerprint density at radius 2 is 1.20 bits per heavy atom. The Kier molecular flexibility index (Phi) is 6.22. The van der Waals surface area contributed by atoms with Gasteiger partial charge in [-0.3, -0.25) is 4.57 Å². The average Bonchev–Trinajstić information content (AvgIpc) is 3.57. The van der Waals surface area contributed by atoms with Crippen molar-refractivity contribution in [1.29, 1.82) is 0 Å². The maximum atomic E-state index is 5.35. The van der Waals surface area contributed by atoms with Gasteiger partial charge in [0, 0.05) is 33.2 Å². The maximum absolute atomic E-state index is 5.35. The number of para-hydroxylation sites is 3. The predicted molar refractivity (Wildman–Crippen MR) is 201 cm³/mol. The molecule has 0 spiro atoms. The molecule has 0 radical (unpaired) electrons. The molecule has 0 saturated heterocycles. The zero-order chi connectivity index (χ0) is 32.3. The number of rotatable bonds is 4. The first kappa shape index (κ1) is 27.6. The maximum Gasteiger partial charge on any atom is 0.145 e. The normalized spacial score (nSPS) is 12.2. The van der Waals surface area contributed by atoms with Gasteiger partial charge in [0.15, 0.2) is 0 Å². The third kappa shape index (κ3) is 4.46. The van der Waals surface area contributed by atoms with E-state index in [4.69, 9.17) is 9.97 Å². The number of imidazole rings is 1. The van der Waals surface area contributed by atoms with Gasteiger partial charge >= 0.3 is 0 Å². The third-order valence-electron chi connectivity index (χ3n) is 9.94. The number of hydrogen-bond donors (Lipinski definition) is 0. The zero-order valence-corrected chi connectivity index (χ0v) is 26.7. The molecule has 7 aromatic carbocycles. The number of pyridine rings is 1. The number of hydrogen-bond acceptors (Lipinski definition) is 2. The second kappa shape index (κ2) is 11.0. The highest BCUT2D eigenvalue weighted by atomic mass is 15.1. The van der Waals surface area contributed by atoms with Gasteiger partial charge in [-0.1, -0.05) is 133 Å². The van der Waals surface area contributed by atoms with E-state index in [1.54, 1.807) is 0 Å². The van der Waals surface area contributed by atoms with Crippen molar-refractivity contribution < 1.29 is 0 Å². The molecule has 0 fully saturated rings. The molecule has 0 bridgehead atoms. The Labute approximate surface area is 284 Å². The van der Waals surface area contributed by atoms with Crippen LogP contribution in [0.15, 0.2) is 152 Å². The number of aryl methyl sites for hydroxylation is 1. The highest BCUT2D eigenvalue weighted by Gasteiger charge is 2.24. The summed E-state index contributed by atoms with van der Waals surface area (Å²) >= 11 is 0. The Morgan fingerprint density at radius 3 is 2.04 bits per heavy atom. The van der Waals surface area contributed by atoms with Crippen molar-refractivity contribution in [2.24, 2.45) is 0 Å². The van der Waals surface area contributed by atoms with E-state index in [2.05, 4.69) is 156 Å². The highest BCUT2D eigenvalue weighted by molar-refractivity contribution is 6.10. The lowest BCUT2D eigenvalue weighted by Crippen LogP contribution is -2.08. The molecule has 0 unspecified atom stereocenters. The standard InChI is InChI=1S/C46H29N3/c1-2-12-36(13-3-1)49-42-17-9-8-16-41(42)47-46(49)35-24-20-31(21-25-35)30-18-22-34(23-19-30)43-39-28-26-32-10-4-6-14-37(32)44(39)48-45-38-15-7-5-11-33(38)27-29-40(43)45/h1-25H,26,28H2. The number of nitrogens with zero attached hydrogens (tertiary/aromatic N) is 3. The van der Waals surface area contributed by atoms with Crippen LogP contribution >= 0.6 is 0 Å². The fraction of sp³-hybridized carbons (Fsp3) is 0.0435. The largest absolute Gasteiger partial charge is 0.292 e. The van der Waals surface area contributed by atoms with Crippen molar-refractivity contribution in [3.05, 3.63) is 175 Å². The Bertz CT molecular complexity index is 2690. The van der Waals surface area contributed by atoms with Crippen molar-refractivity contribution >= 4 is 32.7 Å². The fourth-order valence-corrected chi connectivity index (χ4v) is 7.58. The zero-order valence-electron chi connectivity index (χ0n) is 26.7. The molecular formula is C46H29N3. The molecule has 49 heavy (non-hydrogen) atoms. The van der Waals surface area contributed by atoms with E-state index in [1.165, 1.54) is 38.9 Å². The molecular weight excluding hydrogens is 595 g/mol. The van der Waals surface area contributed by atoms with E-state index in [0.29, 0.717) is 0 Å². The third-order valence-corrected chi connectivity index (χ3v) is 9.94. The molecule has 228 valence electrons. The van der Waals surface area contributed by atoms with Gasteiger partial charge in [-0.2, -0.15) is 0 Å². The summed E-state index contributed by atoms with van der Waals surface area (Å²) in [7, 11) is 0. The Hall–Kier alpha value is -6.50. The van der Waals surface area contributed by atoms with E-state index >= 15 is 0 Å². The molecule has 3 nitrogen and oxygen atoms in total. The molecule has 0 saturated carbocycles. The first-order chi connectivity index (χ1) is 24.3. The van der Waals surface area contributed by atoms with Crippen LogP contribution in [0.2, 0.25) is 0 Å². The topological polar surface area (TPSA) is 30.7 Å². The lowest BCUT2D eigenvalue weighted by Gasteiger charge is -2.23. The van der Waals surface area contributed by atoms with E-state index in [1.807, 2.05) is 12.1 Å². The van der Waals surface area contributed by atoms with Crippen molar-refractivity contribution in [2.75, 3.05) is 0 Å². The number of benzene rings is 6. The summed E-state index contributed by atoms with van der Waals surface area (Å²) in [5.41, 5.74) is 15.0. The molecule has 2 heterocycles. The van der Waals surface area contributed by atoms with Crippen LogP contribution in [-0.2, 0) is 12.8 Å². The van der Waals surface area contributed by atoms with E-state index < -0.39 is 0 Å². The lowest BCUT2D eigenvalue weighted by molar-refractivity contribution is 0.935. The van der Waals surface area contributed by atoms with Crippen LogP contribution < -0.4 is 0 Å². The fourth-order valence-electron chi connectivity index (χ4n) is 7.58. The van der Waals surface area contributed by atoms with Gasteiger partial charge in [0.1, 0.15) is 5.82 Å². The summed E-state index contributed by atoms with van der Waals surface area (Å²) in [6, 6.07) is 60.6. The first-order valence-corrected chi connectivity index (χ1v) is 16.8. The smallest absolute Gasteiger partial charge is 0.145 e. The summed E-state index contributed by atoms with van der Waals surface area (Å²) in [6.07, 6.45) is 1.95. The van der Waals surface area contributed by atoms with Crippen molar-refractivity contribution in [3.8, 4) is 50.6 Å². The lowest BCUT2D eigenvalue weighted by atomic mass is 9.83. The van der Waals surface area contributed by atoms with E-state index in [-0.39, 0.29) is 0 Å². The highest BCUT2D eigenvalue weighted by Crippen LogP contribution is 2.42. The summed E-state index contributed by atoms with van der Waals surface area (Å²) in [6.45, 7) is 0. The van der Waals surface area contributed by atoms with Gasteiger partial charge < -0.3 is 0 Å². The second-order valence-corrected chi connectivity index (χ2v) is 12.7. The van der Waals surface area contributed by atoms with Gasteiger partial charge in [0.2, 0.25) is 0 Å². The minimum Gasteiger partial charge on any atom is -0.292 e. The number of fused-ring (bicyclic) bond motifs is 7. The Morgan fingerprint density at radius 1 is 0.531 bits per heavy atom. The van der Waals surface area contributed by atoms with Crippen LogP contribution in [0.1, 0.15) is 11.1 Å². The second-order valence-electron chi connectivity index (χ2n) is 12.7. The van der Waals surface area contributed by atoms with E-state index in [9.17, 15) is 0 Å². The molecule has 3 heteroatoms. The number of aromatic nitrogens is 3. The van der Waals surface area contributed by atoms with Crippen molar-refractivity contribution in [1.82, 2.24) is 14.5 Å². The van der Waals surface area contributed by atoms with Crippen LogP contribution in [0.25, 0.3) is 83.3 Å². The van der Waals surface area contributed by atoms with Crippen LogP contribution in [-0.4, -0.2) is 14.5 Å². The van der Waals surface area contributed by atoms with Crippen LogP contribution in [0.5, 0.6) is 0 Å². The predicted octanol–water partition coefficient (Wildman–Crippen LogP) is 11.1. The molecule has 0 aliphatic heterocycles. The minimum absolute atomic E-state index is 0.936. The quantitative estimate of drug-likeness (QED) is 0.195. The first-order valence-electron chi connectivity index (χ1n) is 16.8. The van der Waals surface area contributed by atoms with Crippen molar-refractivity contribution in [2.45, 2.75) is 12.8 Å². The van der Waals surface area contributed by atoms with Gasteiger partial charge in [0.05, 0.1) is 27.6 Å². The summed E-state index contributed by atoms with van der Waals surface area (Å²) in [4.78, 5) is 10.4. The van der Waals surface area contributed by atoms with Crippen LogP contribution in [0, 0.1) is 12.1 Å². The minimum atomic E-state index is 0.936. The van der Waals surface area contributed by atoms with Crippen LogP contribution in [0.3, 0.4) is 0 Å². The summed E-state index contributed by atoms with van der Waals surface area (Å²) in [5, 5.41) is 3.19. The molecule has 9 aromatic rings. The molecule has 0 atom stereocenters. The molecule has 1 aliphatic rings. The molecule has 10 rings (SSSR count). The van der Waals surface area contributed by atoms with Gasteiger partial charge in [-0.25, -0.2) is 9.97 Å². The molecule has 1 aliphatic carbocycles. The van der Waals surface area contributed by atoms with Gasteiger partial charge in [-0.05, 0) is 71.0 Å².